The summed E-state index contributed by atoms with van der Waals surface area (Å²) in [4.78, 5) is 76.9. The maximum Gasteiger partial charge on any atom is 2.00 e. The molecule has 1 saturated heterocycles. The number of imide groups is 1. The second-order valence-corrected chi connectivity index (χ2v) is 10.1. The summed E-state index contributed by atoms with van der Waals surface area (Å²) in [5, 5.41) is 68.7. The number of piperidine rings is 1. The fraction of sp³-hybridized carbons (Fsp3) is 0.391. The number of hydrogen-bond acceptors (Lipinski definition) is 16. The van der Waals surface area contributed by atoms with Crippen molar-refractivity contribution < 1.29 is 95.9 Å². The maximum atomic E-state index is 13.4. The Balaban J connectivity index is -0.000000150. The number of carbonyl (C=O) groups is 3. The molecule has 0 spiro atoms. The van der Waals surface area contributed by atoms with E-state index in [9.17, 15) is 19.5 Å². The van der Waals surface area contributed by atoms with Crippen LogP contribution in [0, 0.1) is 77.5 Å². The molecule has 3 atom stereocenters. The molecule has 2 heterocycles. The smallest absolute Gasteiger partial charge is 0.481 e. The van der Waals surface area contributed by atoms with E-state index in [2.05, 4.69) is 4.98 Å². The van der Waals surface area contributed by atoms with Gasteiger partial charge in [-0.1, -0.05) is 26.0 Å². The molecule has 2 fully saturated rings. The van der Waals surface area contributed by atoms with Gasteiger partial charge in [-0.05, 0) is 61.6 Å². The summed E-state index contributed by atoms with van der Waals surface area (Å²) in [6, 6.07) is 11.1. The van der Waals surface area contributed by atoms with Crippen LogP contribution in [-0.4, -0.2) is 70.1 Å². The number of rotatable bonds is 3. The third-order valence-corrected chi connectivity index (χ3v) is 6.44. The minimum absolute atomic E-state index is 0. The van der Waals surface area contributed by atoms with Crippen molar-refractivity contribution in [2.45, 2.75) is 40.0 Å². The largest absolute Gasteiger partial charge is 2.00 e. The number of amides is 2. The SMILES string of the molecule is CC1(C(=O)O)C[C@@]2(C)C[C@@](C)(C1)C(=O)N(c1ccc(-c3ccncc3)cc1)C2=O.O.O.O.O.O=[N+]([O-])[O-].O=[N+]([O-])[O-].O=[N+]([O-])[O-].O=[N+]([O-])[O-].[Mn+2].[Mn+2]. The number of aromatic nitrogens is 1. The molecule has 1 aromatic carbocycles. The fourth-order valence-corrected chi connectivity index (χ4v) is 5.44. The van der Waals surface area contributed by atoms with Crippen LogP contribution in [0.3, 0.4) is 0 Å². The van der Waals surface area contributed by atoms with Crippen molar-refractivity contribution in [3.63, 3.8) is 0 Å². The van der Waals surface area contributed by atoms with Crippen LogP contribution in [0.5, 0.6) is 0 Å². The number of fused-ring (bicyclic) bond motifs is 2. The second kappa shape index (κ2) is 25.6. The average molecular weight is 822 g/mol. The molecule has 51 heavy (non-hydrogen) atoms. The quantitative estimate of drug-likeness (QED) is 0.179. The summed E-state index contributed by atoms with van der Waals surface area (Å²) in [5.74, 6) is -1.59. The number of anilines is 1. The Labute approximate surface area is 306 Å². The number of hydrogen-bond donors (Lipinski definition) is 1. The molecule has 2 amide bonds. The number of carboxylic acids is 1. The Morgan fingerprint density at radius 2 is 0.902 bits per heavy atom. The van der Waals surface area contributed by atoms with Crippen LogP contribution in [0.15, 0.2) is 48.8 Å². The van der Waals surface area contributed by atoms with Gasteiger partial charge in [0.2, 0.25) is 11.8 Å². The third kappa shape index (κ3) is 19.4. The molecule has 9 N–H and O–H groups in total. The molecule has 4 rings (SSSR count). The van der Waals surface area contributed by atoms with Gasteiger partial charge in [0.05, 0.1) is 31.4 Å². The molecule has 2 radical (unpaired) electrons. The summed E-state index contributed by atoms with van der Waals surface area (Å²) in [6.45, 7) is 5.22. The van der Waals surface area contributed by atoms with Gasteiger partial charge in [0.1, 0.15) is 0 Å². The minimum atomic E-state index is -1.75. The zero-order chi connectivity index (χ0) is 35.3. The van der Waals surface area contributed by atoms with Crippen molar-refractivity contribution in [3.8, 4) is 11.1 Å². The van der Waals surface area contributed by atoms with E-state index in [4.69, 9.17) is 61.3 Å². The summed E-state index contributed by atoms with van der Waals surface area (Å²) in [7, 11) is 0. The Morgan fingerprint density at radius 3 is 1.18 bits per heavy atom. The first kappa shape index (κ1) is 60.9. The topological polar surface area (TPSA) is 478 Å². The molecule has 288 valence electrons. The Hall–Kier alpha value is -5.34. The average Bonchev–Trinajstić information content (AvgIpc) is 2.87. The number of benzene rings is 1. The van der Waals surface area contributed by atoms with E-state index < -0.39 is 42.6 Å². The van der Waals surface area contributed by atoms with Gasteiger partial charge in [0.25, 0.3) is 0 Å². The van der Waals surface area contributed by atoms with Gasteiger partial charge in [-0.3, -0.25) is 19.4 Å². The van der Waals surface area contributed by atoms with E-state index in [0.717, 1.165) is 11.1 Å². The predicted molar refractivity (Wildman–Crippen MR) is 164 cm³/mol. The molecule has 2 aromatic rings. The summed E-state index contributed by atoms with van der Waals surface area (Å²) in [6.07, 6.45) is 4.25. The molecule has 1 aliphatic carbocycles. The van der Waals surface area contributed by atoms with Crippen molar-refractivity contribution in [2.75, 3.05) is 4.90 Å². The van der Waals surface area contributed by atoms with Crippen LogP contribution in [0.4, 0.5) is 5.69 Å². The van der Waals surface area contributed by atoms with Crippen molar-refractivity contribution in [2.24, 2.45) is 16.2 Å². The van der Waals surface area contributed by atoms with E-state index in [1.165, 1.54) is 4.90 Å². The van der Waals surface area contributed by atoms with Crippen LogP contribution in [-0.2, 0) is 48.5 Å². The normalized spacial score (nSPS) is 19.9. The standard InChI is InChI=1S/C23H24N2O4.2Mn.4NO3.4H2O/c1-21-12-22(2,14-23(3,13-21)20(28)29)19(27)25(18(21)26)17-6-4-15(5-7-17)16-8-10-24-11-9-16;;;4*2-1(3)4;;;;/h4-11H,12-14H2,1-3H3,(H,28,29);;;;;;;4*1H2/q;2*+2;4*-1;;;;/t21-,22+,23?;;;;;;;;;;. The van der Waals surface area contributed by atoms with Gasteiger partial charge in [-0.25, -0.2) is 4.90 Å². The Kier molecular flexibility index (Phi) is 30.6. The zero-order valence-electron chi connectivity index (χ0n) is 26.3. The first-order valence-corrected chi connectivity index (χ1v) is 11.9. The molecule has 1 aliphatic heterocycles. The molecule has 1 saturated carbocycles. The first-order valence-electron chi connectivity index (χ1n) is 11.9. The number of pyridine rings is 1. The van der Waals surface area contributed by atoms with Gasteiger partial charge in [0.15, 0.2) is 0 Å². The van der Waals surface area contributed by atoms with Gasteiger partial charge >= 0.3 is 40.1 Å². The molecule has 26 nitrogen and oxygen atoms in total. The van der Waals surface area contributed by atoms with E-state index in [1.807, 2.05) is 24.3 Å². The number of nitrogens with zero attached hydrogens (tertiary/aromatic N) is 6. The van der Waals surface area contributed by atoms with Gasteiger partial charge < -0.3 is 88.3 Å². The second-order valence-electron chi connectivity index (χ2n) is 10.1. The van der Waals surface area contributed by atoms with Crippen LogP contribution in [0.25, 0.3) is 11.1 Å². The molecule has 1 aromatic heterocycles. The van der Waals surface area contributed by atoms with E-state index in [0.29, 0.717) is 12.1 Å². The zero-order valence-corrected chi connectivity index (χ0v) is 28.6. The predicted octanol–water partition coefficient (Wildman–Crippen LogP) is -0.351. The van der Waals surface area contributed by atoms with Crippen molar-refractivity contribution in [1.29, 1.82) is 0 Å². The minimum Gasteiger partial charge on any atom is -0.481 e. The Bertz CT molecular complexity index is 1330. The number of aliphatic carboxylic acids is 1. The fourth-order valence-electron chi connectivity index (χ4n) is 5.44. The number of carbonyl (C=O) groups excluding carboxylic acids is 2. The molecular formula is C23H32Mn2N6O20. The summed E-state index contributed by atoms with van der Waals surface area (Å²) < 4.78 is 0. The van der Waals surface area contributed by atoms with E-state index in [1.54, 1.807) is 45.3 Å². The van der Waals surface area contributed by atoms with Crippen molar-refractivity contribution in [3.05, 3.63) is 110 Å². The van der Waals surface area contributed by atoms with Gasteiger partial charge in [-0.2, -0.15) is 0 Å². The molecule has 28 heteroatoms. The maximum absolute atomic E-state index is 13.4. The Morgan fingerprint density at radius 1 is 0.627 bits per heavy atom. The van der Waals surface area contributed by atoms with Crippen LogP contribution in [0.2, 0.25) is 0 Å². The molecule has 2 bridgehead atoms. The van der Waals surface area contributed by atoms with E-state index in [-0.39, 0.29) is 80.7 Å². The van der Waals surface area contributed by atoms with Crippen LogP contribution < -0.4 is 4.90 Å². The summed E-state index contributed by atoms with van der Waals surface area (Å²) in [5.41, 5.74) is -0.395. The summed E-state index contributed by atoms with van der Waals surface area (Å²) >= 11 is 0. The van der Waals surface area contributed by atoms with E-state index >= 15 is 0 Å². The molecule has 2 aliphatic rings. The van der Waals surface area contributed by atoms with Crippen molar-refractivity contribution >= 4 is 23.5 Å². The monoisotopic (exact) mass is 822 g/mol. The number of carboxylic acid groups (broad SMARTS) is 1. The van der Waals surface area contributed by atoms with Crippen molar-refractivity contribution in [1.82, 2.24) is 4.98 Å². The van der Waals surface area contributed by atoms with Gasteiger partial charge in [-0.15, -0.1) is 0 Å². The molecule has 1 unspecified atom stereocenters. The van der Waals surface area contributed by atoms with Gasteiger partial charge in [0, 0.05) is 23.2 Å². The van der Waals surface area contributed by atoms with Crippen LogP contribution in [0.1, 0.15) is 40.0 Å². The molecular weight excluding hydrogens is 790 g/mol. The first-order chi connectivity index (χ1) is 20.5. The third-order valence-electron chi connectivity index (χ3n) is 6.44. The van der Waals surface area contributed by atoms with Crippen LogP contribution >= 0.6 is 0 Å².